The Labute approximate surface area is 353 Å². The van der Waals surface area contributed by atoms with E-state index in [1.54, 1.807) is 0 Å². The highest BCUT2D eigenvalue weighted by Gasteiger charge is 2.46. The van der Waals surface area contributed by atoms with Gasteiger partial charge in [0, 0.05) is 27.6 Å². The lowest BCUT2D eigenvalue weighted by Crippen LogP contribution is -2.28. The van der Waals surface area contributed by atoms with E-state index in [4.69, 9.17) is 19.9 Å². The molecule has 11 aromatic rings. The Morgan fingerprint density at radius 1 is 0.295 bits per heavy atom. The maximum atomic E-state index is 5.39. The van der Waals surface area contributed by atoms with Crippen LogP contribution in [0, 0.1) is 0 Å². The number of para-hydroxylation sites is 1. The molecule has 0 saturated heterocycles. The molecule has 9 aromatic carbocycles. The quantitative estimate of drug-likeness (QED) is 0.169. The summed E-state index contributed by atoms with van der Waals surface area (Å²) in [6.07, 6.45) is 0. The van der Waals surface area contributed by atoms with E-state index in [2.05, 4.69) is 206 Å². The lowest BCUT2D eigenvalue weighted by atomic mass is 9.67. The number of hydrogen-bond donors (Lipinski definition) is 0. The first-order valence-electron chi connectivity index (χ1n) is 20.7. The fourth-order valence-corrected chi connectivity index (χ4v) is 9.52. The molecule has 284 valence electrons. The molecule has 1 aliphatic rings. The lowest BCUT2D eigenvalue weighted by Gasteiger charge is -2.34. The van der Waals surface area contributed by atoms with E-state index in [0.717, 1.165) is 55.0 Å². The molecule has 0 saturated carbocycles. The van der Waals surface area contributed by atoms with Crippen molar-refractivity contribution in [1.82, 2.24) is 19.9 Å². The molecule has 12 rings (SSSR count). The molecule has 4 nitrogen and oxygen atoms in total. The highest BCUT2D eigenvalue weighted by molar-refractivity contribution is 5.98. The Morgan fingerprint density at radius 3 is 1.66 bits per heavy atom. The van der Waals surface area contributed by atoms with Crippen LogP contribution in [0.5, 0.6) is 0 Å². The van der Waals surface area contributed by atoms with Crippen molar-refractivity contribution < 1.29 is 0 Å². The summed E-state index contributed by atoms with van der Waals surface area (Å²) >= 11 is 0. The molecule has 1 aliphatic carbocycles. The van der Waals surface area contributed by atoms with Crippen molar-refractivity contribution in [2.24, 2.45) is 0 Å². The van der Waals surface area contributed by atoms with Crippen LogP contribution in [0.25, 0.3) is 89.0 Å². The molecule has 0 bridgehead atoms. The van der Waals surface area contributed by atoms with Crippen molar-refractivity contribution >= 4 is 32.4 Å². The van der Waals surface area contributed by atoms with Gasteiger partial charge in [0.1, 0.15) is 0 Å². The SMILES string of the molecule is c1ccc(C2(c3ccccc3)c3ccccc3-c3ccc(-c4nc(-c5ccc6ccccc6c5)nc(-c5cccc6ccc(-c7ccc8ccccc8n7)cc56)n4)cc32)cc1. The van der Waals surface area contributed by atoms with Gasteiger partial charge in [-0.15, -0.1) is 0 Å². The summed E-state index contributed by atoms with van der Waals surface area (Å²) in [6, 6.07) is 77.6. The number of nitrogens with zero attached hydrogens (tertiary/aromatic N) is 4. The first-order valence-corrected chi connectivity index (χ1v) is 20.7. The second-order valence-electron chi connectivity index (χ2n) is 15.8. The molecule has 0 radical (unpaired) electrons. The molecule has 0 unspecified atom stereocenters. The number of benzene rings is 9. The molecule has 0 N–H and O–H groups in total. The van der Waals surface area contributed by atoms with Crippen molar-refractivity contribution in [3.8, 4) is 56.5 Å². The minimum atomic E-state index is -0.551. The van der Waals surface area contributed by atoms with Gasteiger partial charge >= 0.3 is 0 Å². The van der Waals surface area contributed by atoms with Crippen LogP contribution in [0.4, 0.5) is 0 Å². The van der Waals surface area contributed by atoms with Gasteiger partial charge in [0.15, 0.2) is 17.5 Å². The molecule has 61 heavy (non-hydrogen) atoms. The van der Waals surface area contributed by atoms with E-state index >= 15 is 0 Å². The second kappa shape index (κ2) is 14.0. The number of hydrogen-bond acceptors (Lipinski definition) is 4. The van der Waals surface area contributed by atoms with E-state index in [-0.39, 0.29) is 0 Å². The number of pyridine rings is 1. The van der Waals surface area contributed by atoms with Gasteiger partial charge in [-0.3, -0.25) is 0 Å². The van der Waals surface area contributed by atoms with Gasteiger partial charge in [0.2, 0.25) is 0 Å². The third-order valence-corrected chi connectivity index (χ3v) is 12.4. The van der Waals surface area contributed by atoms with Crippen LogP contribution in [0.1, 0.15) is 22.3 Å². The predicted molar refractivity (Wildman–Crippen MR) is 249 cm³/mol. The van der Waals surface area contributed by atoms with Crippen LogP contribution in [-0.2, 0) is 5.41 Å². The van der Waals surface area contributed by atoms with Gasteiger partial charge in [-0.05, 0) is 85.3 Å². The molecule has 4 heteroatoms. The van der Waals surface area contributed by atoms with Crippen molar-refractivity contribution in [2.45, 2.75) is 5.41 Å². The summed E-state index contributed by atoms with van der Waals surface area (Å²) in [5.41, 5.74) is 12.5. The molecule has 2 aromatic heterocycles. The third kappa shape index (κ3) is 5.68. The third-order valence-electron chi connectivity index (χ3n) is 12.4. The largest absolute Gasteiger partial charge is 0.248 e. The first kappa shape index (κ1) is 34.9. The molecular weight excluding hydrogens is 741 g/mol. The number of aromatic nitrogens is 4. The maximum absolute atomic E-state index is 5.39. The zero-order chi connectivity index (χ0) is 40.3. The summed E-state index contributed by atoms with van der Waals surface area (Å²) in [7, 11) is 0. The zero-order valence-corrected chi connectivity index (χ0v) is 33.1. The van der Waals surface area contributed by atoms with Gasteiger partial charge in [0.25, 0.3) is 0 Å². The molecule has 2 heterocycles. The van der Waals surface area contributed by atoms with Crippen LogP contribution in [-0.4, -0.2) is 19.9 Å². The van der Waals surface area contributed by atoms with Gasteiger partial charge in [0.05, 0.1) is 16.6 Å². The summed E-state index contributed by atoms with van der Waals surface area (Å²) in [5, 5.41) is 5.56. The second-order valence-corrected chi connectivity index (χ2v) is 15.8. The minimum Gasteiger partial charge on any atom is -0.248 e. The zero-order valence-electron chi connectivity index (χ0n) is 33.1. The summed E-state index contributed by atoms with van der Waals surface area (Å²) < 4.78 is 0. The number of rotatable bonds is 6. The van der Waals surface area contributed by atoms with Crippen LogP contribution >= 0.6 is 0 Å². The Morgan fingerprint density at radius 2 is 0.852 bits per heavy atom. The minimum absolute atomic E-state index is 0.551. The predicted octanol–water partition coefficient (Wildman–Crippen LogP) is 13.8. The molecule has 0 aliphatic heterocycles. The smallest absolute Gasteiger partial charge is 0.164 e. The van der Waals surface area contributed by atoms with Crippen LogP contribution in [0.2, 0.25) is 0 Å². The average Bonchev–Trinajstić information content (AvgIpc) is 3.64. The number of fused-ring (bicyclic) bond motifs is 6. The summed E-state index contributed by atoms with van der Waals surface area (Å²) in [5.74, 6) is 1.85. The normalized spacial score (nSPS) is 12.7. The lowest BCUT2D eigenvalue weighted by molar-refractivity contribution is 0.768. The van der Waals surface area contributed by atoms with E-state index in [1.165, 1.54) is 38.8 Å². The standard InChI is InChI=1S/C57H36N4/c1-3-18-44(19-4-1)57(45-20-5-2-6-21-45)50-24-11-10-22-46(50)47-32-30-43(36-51(47)57)55-59-54(42-29-26-37-14-7-8-16-40(37)34-42)60-56(61-55)48-23-13-17-38-27-28-41(35-49(38)48)53-33-31-39-15-9-12-25-52(39)58-53/h1-36H. The van der Waals surface area contributed by atoms with Crippen molar-refractivity contribution in [1.29, 1.82) is 0 Å². The Balaban J connectivity index is 1.09. The highest BCUT2D eigenvalue weighted by atomic mass is 15.0. The van der Waals surface area contributed by atoms with Gasteiger partial charge in [-0.2, -0.15) is 0 Å². The molecular formula is C57H36N4. The molecule has 0 atom stereocenters. The topological polar surface area (TPSA) is 51.6 Å². The fourth-order valence-electron chi connectivity index (χ4n) is 9.52. The van der Waals surface area contributed by atoms with E-state index in [1.807, 2.05) is 12.1 Å². The molecule has 0 spiro atoms. The summed E-state index contributed by atoms with van der Waals surface area (Å²) in [4.78, 5) is 21.0. The van der Waals surface area contributed by atoms with Gasteiger partial charge < -0.3 is 0 Å². The Bertz CT molecular complexity index is 3450. The van der Waals surface area contributed by atoms with Crippen LogP contribution < -0.4 is 0 Å². The molecule has 0 fully saturated rings. The maximum Gasteiger partial charge on any atom is 0.164 e. The molecule has 0 amide bonds. The van der Waals surface area contributed by atoms with Crippen molar-refractivity contribution in [2.75, 3.05) is 0 Å². The van der Waals surface area contributed by atoms with Crippen LogP contribution in [0.15, 0.2) is 218 Å². The monoisotopic (exact) mass is 776 g/mol. The fraction of sp³-hybridized carbons (Fsp3) is 0.0175. The van der Waals surface area contributed by atoms with E-state index in [0.29, 0.717) is 17.5 Å². The van der Waals surface area contributed by atoms with Crippen LogP contribution in [0.3, 0.4) is 0 Å². The van der Waals surface area contributed by atoms with Crippen molar-refractivity contribution in [3.63, 3.8) is 0 Å². The van der Waals surface area contributed by atoms with Gasteiger partial charge in [-0.25, -0.2) is 19.9 Å². The highest BCUT2D eigenvalue weighted by Crippen LogP contribution is 2.56. The van der Waals surface area contributed by atoms with Gasteiger partial charge in [-0.1, -0.05) is 188 Å². The summed E-state index contributed by atoms with van der Waals surface area (Å²) in [6.45, 7) is 0. The first-order chi connectivity index (χ1) is 30.2. The average molecular weight is 777 g/mol. The van der Waals surface area contributed by atoms with Crippen molar-refractivity contribution in [3.05, 3.63) is 241 Å². The Hall–Kier alpha value is -8.08. The van der Waals surface area contributed by atoms with E-state index < -0.39 is 5.41 Å². The Kier molecular flexibility index (Phi) is 8.04. The van der Waals surface area contributed by atoms with E-state index in [9.17, 15) is 0 Å².